The lowest BCUT2D eigenvalue weighted by Gasteiger charge is -2.54. The monoisotopic (exact) mass is 227 g/mol. The molecule has 1 N–H and O–H groups in total. The number of hydrogen-bond donors (Lipinski definition) is 1. The molecule has 2 aliphatic heterocycles. The highest BCUT2D eigenvalue weighted by molar-refractivity contribution is 5.26. The van der Waals surface area contributed by atoms with Crippen LogP contribution in [0.5, 0.6) is 0 Å². The zero-order chi connectivity index (χ0) is 12.5. The Morgan fingerprint density at radius 3 is 2.06 bits per heavy atom. The van der Waals surface area contributed by atoms with Crippen LogP contribution in [0.3, 0.4) is 0 Å². The summed E-state index contributed by atoms with van der Waals surface area (Å²) in [5.74, 6) is 0. The average molecular weight is 227 g/mol. The van der Waals surface area contributed by atoms with Crippen molar-refractivity contribution in [2.45, 2.75) is 70.9 Å². The fraction of sp³-hybridized carbons (Fsp3) is 1.00. The first-order valence-electron chi connectivity index (χ1n) is 6.16. The van der Waals surface area contributed by atoms with E-state index in [-0.39, 0.29) is 23.1 Å². The van der Waals surface area contributed by atoms with Gasteiger partial charge in [-0.15, -0.1) is 0 Å². The van der Waals surface area contributed by atoms with Crippen LogP contribution in [0.25, 0.3) is 0 Å². The van der Waals surface area contributed by atoms with E-state index in [9.17, 15) is 5.11 Å². The minimum Gasteiger partial charge on any atom is -0.388 e. The molecule has 0 radical (unpaired) electrons. The van der Waals surface area contributed by atoms with E-state index in [1.807, 2.05) is 0 Å². The van der Waals surface area contributed by atoms with Crippen molar-refractivity contribution in [3.05, 3.63) is 0 Å². The number of likely N-dealkylation sites (tertiary alicyclic amines) is 1. The third kappa shape index (κ3) is 1.05. The van der Waals surface area contributed by atoms with Crippen molar-refractivity contribution < 1.29 is 9.84 Å². The number of rotatable bonds is 0. The first-order valence-corrected chi connectivity index (χ1v) is 6.16. The van der Waals surface area contributed by atoms with Gasteiger partial charge in [-0.1, -0.05) is 20.8 Å². The second kappa shape index (κ2) is 3.01. The molecule has 2 unspecified atom stereocenters. The number of nitrogens with zero attached hydrogens (tertiary/aromatic N) is 1. The van der Waals surface area contributed by atoms with Gasteiger partial charge in [0.2, 0.25) is 0 Å². The van der Waals surface area contributed by atoms with Gasteiger partial charge < -0.3 is 9.84 Å². The number of morpholine rings is 1. The summed E-state index contributed by atoms with van der Waals surface area (Å²) in [6.45, 7) is 12.9. The molecular formula is C13H25NO2. The molecule has 0 aromatic heterocycles. The zero-order valence-corrected chi connectivity index (χ0v) is 11.5. The molecule has 3 nitrogen and oxygen atoms in total. The lowest BCUT2D eigenvalue weighted by Crippen LogP contribution is -2.66. The molecule has 2 bridgehead atoms. The Morgan fingerprint density at radius 1 is 1.25 bits per heavy atom. The molecule has 0 saturated carbocycles. The highest BCUT2D eigenvalue weighted by atomic mass is 16.5. The van der Waals surface area contributed by atoms with Crippen molar-refractivity contribution in [1.29, 1.82) is 0 Å². The second-order valence-electron chi connectivity index (χ2n) is 6.91. The van der Waals surface area contributed by atoms with Crippen molar-refractivity contribution >= 4 is 0 Å². The molecule has 0 spiro atoms. The smallest absolute Gasteiger partial charge is 0.118 e. The SMILES string of the molecule is C[C@@H]1OC2(C(C)(C)C)[C@@H](O)C1N(C)C2(C)C. The molecule has 2 saturated heterocycles. The van der Waals surface area contributed by atoms with E-state index in [1.165, 1.54) is 0 Å². The van der Waals surface area contributed by atoms with Gasteiger partial charge in [0.1, 0.15) is 11.7 Å². The number of aliphatic hydroxyl groups is 1. The quantitative estimate of drug-likeness (QED) is 0.683. The predicted octanol–water partition coefficient (Wildman–Crippen LogP) is 1.64. The Balaban J connectivity index is 2.58. The summed E-state index contributed by atoms with van der Waals surface area (Å²) >= 11 is 0. The van der Waals surface area contributed by atoms with Crippen LogP contribution in [-0.2, 0) is 4.74 Å². The van der Waals surface area contributed by atoms with Gasteiger partial charge in [-0.3, -0.25) is 4.90 Å². The van der Waals surface area contributed by atoms with E-state index in [0.29, 0.717) is 0 Å². The van der Waals surface area contributed by atoms with E-state index < -0.39 is 11.7 Å². The number of aliphatic hydroxyl groups excluding tert-OH is 1. The van der Waals surface area contributed by atoms with Crippen molar-refractivity contribution in [3.8, 4) is 0 Å². The van der Waals surface area contributed by atoms with Crippen LogP contribution in [0.2, 0.25) is 0 Å². The summed E-state index contributed by atoms with van der Waals surface area (Å²) in [4.78, 5) is 2.29. The molecule has 0 aromatic rings. The topological polar surface area (TPSA) is 32.7 Å². The van der Waals surface area contributed by atoms with Crippen LogP contribution in [0.15, 0.2) is 0 Å². The number of ether oxygens (including phenoxy) is 1. The summed E-state index contributed by atoms with van der Waals surface area (Å²) in [6.07, 6.45) is -0.297. The fourth-order valence-corrected chi connectivity index (χ4v) is 4.14. The fourth-order valence-electron chi connectivity index (χ4n) is 4.14. The molecule has 0 aromatic carbocycles. The Hall–Kier alpha value is -0.120. The minimum atomic E-state index is -0.473. The van der Waals surface area contributed by atoms with Gasteiger partial charge in [-0.05, 0) is 33.2 Å². The molecule has 3 heteroatoms. The van der Waals surface area contributed by atoms with Crippen LogP contribution in [-0.4, -0.2) is 46.4 Å². The highest BCUT2D eigenvalue weighted by Crippen LogP contribution is 2.58. The van der Waals surface area contributed by atoms with Gasteiger partial charge in [-0.25, -0.2) is 0 Å². The van der Waals surface area contributed by atoms with E-state index in [1.54, 1.807) is 0 Å². The molecule has 2 aliphatic rings. The molecule has 4 atom stereocenters. The third-order valence-corrected chi connectivity index (χ3v) is 4.94. The van der Waals surface area contributed by atoms with Gasteiger partial charge >= 0.3 is 0 Å². The Kier molecular flexibility index (Phi) is 2.32. The predicted molar refractivity (Wildman–Crippen MR) is 64.4 cm³/mol. The molecule has 2 rings (SSSR count). The van der Waals surface area contributed by atoms with Gasteiger partial charge in [-0.2, -0.15) is 0 Å². The van der Waals surface area contributed by atoms with Crippen molar-refractivity contribution in [2.75, 3.05) is 7.05 Å². The number of fused-ring (bicyclic) bond motifs is 2. The molecule has 0 amide bonds. The third-order valence-electron chi connectivity index (χ3n) is 4.94. The van der Waals surface area contributed by atoms with E-state index in [2.05, 4.69) is 53.5 Å². The first kappa shape index (κ1) is 12.3. The van der Waals surface area contributed by atoms with Crippen molar-refractivity contribution in [1.82, 2.24) is 4.90 Å². The second-order valence-corrected chi connectivity index (χ2v) is 6.91. The summed E-state index contributed by atoms with van der Waals surface area (Å²) in [5, 5.41) is 10.6. The van der Waals surface area contributed by atoms with E-state index in [4.69, 9.17) is 4.74 Å². The number of likely N-dealkylation sites (N-methyl/N-ethyl adjacent to an activating group) is 1. The summed E-state index contributed by atoms with van der Waals surface area (Å²) in [7, 11) is 2.10. The summed E-state index contributed by atoms with van der Waals surface area (Å²) < 4.78 is 6.22. The van der Waals surface area contributed by atoms with Crippen LogP contribution in [0, 0.1) is 5.41 Å². The molecule has 94 valence electrons. The number of hydrogen-bond acceptors (Lipinski definition) is 3. The lowest BCUT2D eigenvalue weighted by molar-refractivity contribution is -0.211. The maximum atomic E-state index is 10.6. The van der Waals surface area contributed by atoms with Gasteiger partial charge in [0, 0.05) is 5.54 Å². The standard InChI is InChI=1S/C13H25NO2/c1-8-9-10(15)13(16-8,11(2,3)4)12(5,6)14(9)7/h8-10,15H,1-7H3/t8-,9?,10-,13?/m0/s1. The first-order chi connectivity index (χ1) is 7.07. The largest absolute Gasteiger partial charge is 0.388 e. The van der Waals surface area contributed by atoms with Crippen LogP contribution < -0.4 is 0 Å². The minimum absolute atomic E-state index is 0.0797. The Morgan fingerprint density at radius 2 is 1.75 bits per heavy atom. The Labute approximate surface area is 98.8 Å². The summed E-state index contributed by atoms with van der Waals surface area (Å²) in [5.41, 5.74) is -0.690. The molecule has 16 heavy (non-hydrogen) atoms. The van der Waals surface area contributed by atoms with Crippen LogP contribution in [0.4, 0.5) is 0 Å². The molecular weight excluding hydrogens is 202 g/mol. The molecule has 2 fully saturated rings. The van der Waals surface area contributed by atoms with E-state index in [0.717, 1.165) is 0 Å². The maximum absolute atomic E-state index is 10.6. The zero-order valence-electron chi connectivity index (χ0n) is 11.5. The lowest BCUT2D eigenvalue weighted by atomic mass is 9.65. The average Bonchev–Trinajstić information content (AvgIpc) is 2.42. The van der Waals surface area contributed by atoms with Gasteiger partial charge in [0.15, 0.2) is 0 Å². The van der Waals surface area contributed by atoms with Crippen LogP contribution >= 0.6 is 0 Å². The van der Waals surface area contributed by atoms with Gasteiger partial charge in [0.05, 0.1) is 12.1 Å². The molecule has 0 aliphatic carbocycles. The van der Waals surface area contributed by atoms with Crippen molar-refractivity contribution in [2.24, 2.45) is 5.41 Å². The van der Waals surface area contributed by atoms with Crippen molar-refractivity contribution in [3.63, 3.8) is 0 Å². The summed E-state index contributed by atoms with van der Waals surface area (Å²) in [6, 6.07) is 0.120. The van der Waals surface area contributed by atoms with Gasteiger partial charge in [0.25, 0.3) is 0 Å². The highest BCUT2D eigenvalue weighted by Gasteiger charge is 2.74. The maximum Gasteiger partial charge on any atom is 0.118 e. The Bertz CT molecular complexity index is 308. The van der Waals surface area contributed by atoms with E-state index >= 15 is 0 Å². The normalized spacial score (nSPS) is 47.6. The molecule has 2 heterocycles. The van der Waals surface area contributed by atoms with Crippen LogP contribution in [0.1, 0.15) is 41.5 Å².